The van der Waals surface area contributed by atoms with Gasteiger partial charge >= 0.3 is 12.1 Å². The third-order valence-corrected chi connectivity index (χ3v) is 5.15. The van der Waals surface area contributed by atoms with Gasteiger partial charge in [0.05, 0.1) is 46.5 Å². The first kappa shape index (κ1) is 21.2. The smallest absolute Gasteiger partial charge is 0.416 e. The van der Waals surface area contributed by atoms with Gasteiger partial charge in [-0.2, -0.15) is 13.2 Å². The van der Waals surface area contributed by atoms with Crippen LogP contribution in [-0.4, -0.2) is 32.1 Å². The highest BCUT2D eigenvalue weighted by Crippen LogP contribution is 2.40. The first-order valence-corrected chi connectivity index (χ1v) is 9.39. The average molecular weight is 443 g/mol. The molecule has 0 saturated heterocycles. The van der Waals surface area contributed by atoms with Gasteiger partial charge in [-0.05, 0) is 29.3 Å². The van der Waals surface area contributed by atoms with E-state index < -0.39 is 17.7 Å². The third-order valence-electron chi connectivity index (χ3n) is 5.15. The van der Waals surface area contributed by atoms with Gasteiger partial charge in [-0.15, -0.1) is 0 Å². The molecule has 32 heavy (non-hydrogen) atoms. The summed E-state index contributed by atoms with van der Waals surface area (Å²) in [6.45, 7) is 0.0217. The lowest BCUT2D eigenvalue weighted by molar-refractivity contribution is -0.138. The summed E-state index contributed by atoms with van der Waals surface area (Å²) in [6, 6.07) is 8.01. The number of carboxylic acid groups (broad SMARTS) is 1. The number of rotatable bonds is 6. The van der Waals surface area contributed by atoms with Crippen LogP contribution in [0.1, 0.15) is 16.7 Å². The van der Waals surface area contributed by atoms with Crippen molar-refractivity contribution in [3.05, 3.63) is 65.5 Å². The normalized spacial score (nSPS) is 11.7. The minimum atomic E-state index is -4.50. The van der Waals surface area contributed by atoms with Crippen LogP contribution in [0, 0.1) is 0 Å². The minimum Gasteiger partial charge on any atom is -0.506 e. The fraction of sp³-hybridized carbons (Fsp3) is 0.136. The number of nitrogens with one attached hydrogen (secondary N) is 1. The van der Waals surface area contributed by atoms with E-state index in [4.69, 9.17) is 0 Å². The number of pyridine rings is 1. The number of benzene rings is 2. The number of alkyl halides is 3. The second-order valence-electron chi connectivity index (χ2n) is 7.16. The SMILES string of the molecule is O=CNc1c(CC(=O)O)ccc2c1c1c(O)cncc1n2Cc1cccc(C(F)(F)F)c1. The van der Waals surface area contributed by atoms with Crippen LogP contribution in [0.5, 0.6) is 5.75 Å². The monoisotopic (exact) mass is 443 g/mol. The van der Waals surface area contributed by atoms with Gasteiger partial charge in [-0.1, -0.05) is 18.2 Å². The van der Waals surface area contributed by atoms with E-state index >= 15 is 0 Å². The van der Waals surface area contributed by atoms with Crippen molar-refractivity contribution in [2.75, 3.05) is 5.32 Å². The molecule has 0 spiro atoms. The van der Waals surface area contributed by atoms with Crippen molar-refractivity contribution in [2.24, 2.45) is 0 Å². The number of carbonyl (C=O) groups is 2. The largest absolute Gasteiger partial charge is 0.506 e. The maximum Gasteiger partial charge on any atom is 0.416 e. The fourth-order valence-electron chi connectivity index (χ4n) is 3.88. The van der Waals surface area contributed by atoms with E-state index in [0.29, 0.717) is 39.3 Å². The molecule has 2 aromatic carbocycles. The van der Waals surface area contributed by atoms with Crippen LogP contribution in [-0.2, 0) is 28.7 Å². The molecule has 0 radical (unpaired) electrons. The van der Waals surface area contributed by atoms with Gasteiger partial charge in [0.2, 0.25) is 6.41 Å². The Bertz CT molecular complexity index is 1360. The molecule has 4 rings (SSSR count). The molecule has 3 N–H and O–H groups in total. The predicted molar refractivity (Wildman–Crippen MR) is 110 cm³/mol. The summed E-state index contributed by atoms with van der Waals surface area (Å²) in [5, 5.41) is 22.9. The molecule has 0 bridgehead atoms. The molecule has 0 saturated carbocycles. The Morgan fingerprint density at radius 1 is 1.12 bits per heavy atom. The lowest BCUT2D eigenvalue weighted by Crippen LogP contribution is -2.07. The van der Waals surface area contributed by atoms with Crippen LogP contribution in [0.25, 0.3) is 21.8 Å². The standard InChI is InChI=1S/C22H16F3N3O4/c23-22(24,25)14-3-1-2-12(6-14)10-28-15-5-4-13(7-18(31)32)21(27-11-29)20(15)19-16(28)8-26-9-17(19)30/h1-6,8-9,11,30H,7,10H2,(H,27,29)(H,31,32). The van der Waals surface area contributed by atoms with E-state index in [2.05, 4.69) is 10.3 Å². The van der Waals surface area contributed by atoms with E-state index in [1.807, 2.05) is 0 Å². The Labute approximate surface area is 178 Å². The van der Waals surface area contributed by atoms with Crippen molar-refractivity contribution < 1.29 is 33.0 Å². The Balaban J connectivity index is 1.99. The van der Waals surface area contributed by atoms with Gasteiger partial charge in [0.1, 0.15) is 5.75 Å². The molecule has 4 aromatic rings. The molecule has 0 aliphatic carbocycles. The first-order chi connectivity index (χ1) is 15.2. The molecule has 7 nitrogen and oxygen atoms in total. The highest BCUT2D eigenvalue weighted by atomic mass is 19.4. The van der Waals surface area contributed by atoms with Crippen molar-refractivity contribution >= 4 is 39.9 Å². The number of amides is 1. The summed E-state index contributed by atoms with van der Waals surface area (Å²) in [5.41, 5.74) is 0.990. The van der Waals surface area contributed by atoms with Gasteiger partial charge < -0.3 is 20.1 Å². The van der Waals surface area contributed by atoms with E-state index in [1.165, 1.54) is 24.5 Å². The van der Waals surface area contributed by atoms with Crippen molar-refractivity contribution in [1.82, 2.24) is 9.55 Å². The van der Waals surface area contributed by atoms with Crippen LogP contribution < -0.4 is 5.32 Å². The molecule has 0 aliphatic heterocycles. The van der Waals surface area contributed by atoms with Gasteiger partial charge in [-0.3, -0.25) is 14.6 Å². The lowest BCUT2D eigenvalue weighted by Gasteiger charge is -2.12. The van der Waals surface area contributed by atoms with Crippen molar-refractivity contribution in [2.45, 2.75) is 19.1 Å². The molecule has 10 heteroatoms. The number of aliphatic carboxylic acids is 1. The molecule has 0 atom stereocenters. The summed E-state index contributed by atoms with van der Waals surface area (Å²) in [7, 11) is 0. The van der Waals surface area contributed by atoms with Crippen LogP contribution in [0.4, 0.5) is 18.9 Å². The summed E-state index contributed by atoms with van der Waals surface area (Å²) in [5.74, 6) is -1.33. The molecule has 0 fully saturated rings. The average Bonchev–Trinajstić information content (AvgIpc) is 3.04. The summed E-state index contributed by atoms with van der Waals surface area (Å²) in [4.78, 5) is 26.5. The van der Waals surface area contributed by atoms with E-state index in [9.17, 15) is 33.0 Å². The first-order valence-electron chi connectivity index (χ1n) is 9.39. The Hall–Kier alpha value is -4.08. The summed E-state index contributed by atoms with van der Waals surface area (Å²) >= 11 is 0. The molecule has 2 heterocycles. The number of carboxylic acids is 1. The van der Waals surface area contributed by atoms with Crippen LogP contribution in [0.3, 0.4) is 0 Å². The fourth-order valence-corrected chi connectivity index (χ4v) is 3.88. The number of hydrogen-bond donors (Lipinski definition) is 3. The molecular weight excluding hydrogens is 427 g/mol. The number of aromatic nitrogens is 2. The quantitative estimate of drug-likeness (QED) is 0.388. The molecule has 0 aliphatic rings. The van der Waals surface area contributed by atoms with Crippen LogP contribution >= 0.6 is 0 Å². The van der Waals surface area contributed by atoms with E-state index in [1.54, 1.807) is 16.7 Å². The highest BCUT2D eigenvalue weighted by Gasteiger charge is 2.30. The number of hydrogen-bond acceptors (Lipinski definition) is 4. The summed E-state index contributed by atoms with van der Waals surface area (Å²) < 4.78 is 41.1. The topological polar surface area (TPSA) is 104 Å². The Kier molecular flexibility index (Phi) is 5.21. The number of aromatic hydroxyl groups is 1. The highest BCUT2D eigenvalue weighted by molar-refractivity contribution is 6.18. The molecule has 164 valence electrons. The number of carbonyl (C=O) groups excluding carboxylic acids is 1. The van der Waals surface area contributed by atoms with Crippen molar-refractivity contribution in [3.8, 4) is 5.75 Å². The lowest BCUT2D eigenvalue weighted by atomic mass is 10.0. The molecular formula is C22H16F3N3O4. The maximum atomic E-state index is 13.2. The predicted octanol–water partition coefficient (Wildman–Crippen LogP) is 4.16. The molecule has 2 aromatic heterocycles. The van der Waals surface area contributed by atoms with Crippen molar-refractivity contribution in [3.63, 3.8) is 0 Å². The van der Waals surface area contributed by atoms with Crippen LogP contribution in [0.15, 0.2) is 48.8 Å². The van der Waals surface area contributed by atoms with E-state index in [-0.39, 0.29) is 24.4 Å². The number of nitrogens with zero attached hydrogens (tertiary/aromatic N) is 2. The van der Waals surface area contributed by atoms with E-state index in [0.717, 1.165) is 12.1 Å². The molecule has 0 unspecified atom stereocenters. The van der Waals surface area contributed by atoms with Gasteiger partial charge in [0, 0.05) is 11.9 Å². The van der Waals surface area contributed by atoms with Gasteiger partial charge in [0.15, 0.2) is 0 Å². The zero-order valence-electron chi connectivity index (χ0n) is 16.3. The number of fused-ring (bicyclic) bond motifs is 3. The number of halogens is 3. The Morgan fingerprint density at radius 2 is 1.91 bits per heavy atom. The second-order valence-corrected chi connectivity index (χ2v) is 7.16. The van der Waals surface area contributed by atoms with Gasteiger partial charge in [0.25, 0.3) is 0 Å². The van der Waals surface area contributed by atoms with Crippen molar-refractivity contribution in [1.29, 1.82) is 0 Å². The Morgan fingerprint density at radius 3 is 2.59 bits per heavy atom. The second kappa shape index (κ2) is 7.88. The van der Waals surface area contributed by atoms with Crippen LogP contribution in [0.2, 0.25) is 0 Å². The number of anilines is 1. The zero-order chi connectivity index (χ0) is 23.0. The summed E-state index contributed by atoms with van der Waals surface area (Å²) in [6.07, 6.45) is -1.83. The molecule has 1 amide bonds. The zero-order valence-corrected chi connectivity index (χ0v) is 16.3. The van der Waals surface area contributed by atoms with Gasteiger partial charge in [-0.25, -0.2) is 0 Å². The minimum absolute atomic E-state index is 0.0217. The third kappa shape index (κ3) is 3.70. The maximum absolute atomic E-state index is 13.2.